The Balaban J connectivity index is 1.95. The third-order valence-corrected chi connectivity index (χ3v) is 5.73. The summed E-state index contributed by atoms with van der Waals surface area (Å²) in [6.07, 6.45) is 5.17. The average Bonchev–Trinajstić information content (AvgIpc) is 2.75. The summed E-state index contributed by atoms with van der Waals surface area (Å²) in [6, 6.07) is 6.79. The van der Waals surface area contributed by atoms with Crippen LogP contribution < -0.4 is 10.7 Å². The van der Waals surface area contributed by atoms with E-state index in [4.69, 9.17) is 11.6 Å². The van der Waals surface area contributed by atoms with Crippen LogP contribution in [0.5, 0.6) is 0 Å². The lowest BCUT2D eigenvalue weighted by atomic mass is 10.0. The van der Waals surface area contributed by atoms with Gasteiger partial charge in [0.25, 0.3) is 11.8 Å². The molecule has 2 aromatic rings. The molecule has 3 rings (SSSR count). The van der Waals surface area contributed by atoms with E-state index in [2.05, 4.69) is 10.7 Å². The van der Waals surface area contributed by atoms with E-state index in [0.717, 1.165) is 31.2 Å². The molecule has 0 unspecified atom stereocenters. The van der Waals surface area contributed by atoms with Crippen molar-refractivity contribution in [2.75, 3.05) is 19.4 Å². The van der Waals surface area contributed by atoms with Gasteiger partial charge in [0.15, 0.2) is 0 Å². The first-order valence-corrected chi connectivity index (χ1v) is 9.85. The largest absolute Gasteiger partial charge is 0.313 e. The van der Waals surface area contributed by atoms with Gasteiger partial charge in [-0.2, -0.15) is 0 Å². The first kappa shape index (κ1) is 18.9. The van der Waals surface area contributed by atoms with Gasteiger partial charge >= 0.3 is 0 Å². The van der Waals surface area contributed by atoms with Crippen LogP contribution in [0.25, 0.3) is 0 Å². The average molecular weight is 392 g/mol. The molecule has 26 heavy (non-hydrogen) atoms. The minimum Gasteiger partial charge on any atom is -0.313 e. The van der Waals surface area contributed by atoms with E-state index in [9.17, 15) is 9.59 Å². The number of carbonyl (C=O) groups excluding carboxylic acids is 2. The van der Waals surface area contributed by atoms with E-state index in [1.807, 2.05) is 0 Å². The van der Waals surface area contributed by atoms with E-state index in [1.165, 1.54) is 22.6 Å². The number of fused-ring (bicyclic) bond motifs is 1. The summed E-state index contributed by atoms with van der Waals surface area (Å²) >= 11 is 7.50. The summed E-state index contributed by atoms with van der Waals surface area (Å²) in [6.45, 7) is 0. The topological polar surface area (TPSA) is 61.4 Å². The number of benzene rings is 1. The number of hydrogen-bond acceptors (Lipinski definition) is 4. The molecular formula is C19H22ClN3O2S. The lowest BCUT2D eigenvalue weighted by Crippen LogP contribution is -2.36. The zero-order chi connectivity index (χ0) is 18.7. The van der Waals surface area contributed by atoms with Gasteiger partial charge in [0.1, 0.15) is 5.00 Å². The normalized spacial score (nSPS) is 13.8. The zero-order valence-corrected chi connectivity index (χ0v) is 16.5. The second kappa shape index (κ2) is 8.20. The molecule has 0 bridgehead atoms. The van der Waals surface area contributed by atoms with Crippen molar-refractivity contribution in [3.8, 4) is 0 Å². The molecule has 138 valence electrons. The molecule has 5 nitrogen and oxygen atoms in total. The number of carbonyl (C=O) groups is 2. The summed E-state index contributed by atoms with van der Waals surface area (Å²) in [4.78, 5) is 26.6. The predicted octanol–water partition coefficient (Wildman–Crippen LogP) is 4.13. The second-order valence-corrected chi connectivity index (χ2v) is 8.11. The molecule has 2 N–H and O–H groups in total. The quantitative estimate of drug-likeness (QED) is 0.608. The van der Waals surface area contributed by atoms with Crippen LogP contribution in [0.1, 0.15) is 50.4 Å². The molecule has 7 heteroatoms. The molecule has 0 atom stereocenters. The lowest BCUT2D eigenvalue weighted by molar-refractivity contribution is 0.0857. The summed E-state index contributed by atoms with van der Waals surface area (Å²) < 4.78 is 0. The van der Waals surface area contributed by atoms with Crippen LogP contribution in [0.2, 0.25) is 5.02 Å². The molecule has 0 fully saturated rings. The molecule has 2 amide bonds. The van der Waals surface area contributed by atoms with Crippen LogP contribution >= 0.6 is 22.9 Å². The van der Waals surface area contributed by atoms with Crippen LogP contribution in [0.4, 0.5) is 5.00 Å². The van der Waals surface area contributed by atoms with Crippen molar-refractivity contribution in [2.45, 2.75) is 32.1 Å². The Labute approximate surface area is 162 Å². The number of nitrogens with one attached hydrogen (secondary N) is 2. The monoisotopic (exact) mass is 391 g/mol. The second-order valence-electron chi connectivity index (χ2n) is 6.57. The van der Waals surface area contributed by atoms with Gasteiger partial charge in [-0.25, -0.2) is 5.01 Å². The molecule has 1 aliphatic carbocycles. The Morgan fingerprint density at radius 2 is 1.88 bits per heavy atom. The molecule has 0 saturated carbocycles. The van der Waals surface area contributed by atoms with Crippen molar-refractivity contribution in [3.63, 3.8) is 0 Å². The first-order chi connectivity index (χ1) is 12.5. The number of thiophene rings is 1. The van der Waals surface area contributed by atoms with Gasteiger partial charge in [0.05, 0.1) is 5.56 Å². The van der Waals surface area contributed by atoms with Crippen LogP contribution in [0, 0.1) is 0 Å². The maximum Gasteiger partial charge on any atom is 0.268 e. The van der Waals surface area contributed by atoms with E-state index < -0.39 is 0 Å². The van der Waals surface area contributed by atoms with Crippen LogP contribution in [-0.2, 0) is 12.8 Å². The van der Waals surface area contributed by atoms with Crippen molar-refractivity contribution < 1.29 is 9.59 Å². The molecule has 1 aromatic heterocycles. The van der Waals surface area contributed by atoms with Gasteiger partial charge in [-0.1, -0.05) is 24.1 Å². The number of amides is 2. The fourth-order valence-electron chi connectivity index (χ4n) is 3.13. The van der Waals surface area contributed by atoms with Gasteiger partial charge in [0, 0.05) is 29.6 Å². The Morgan fingerprint density at radius 1 is 1.12 bits per heavy atom. The highest BCUT2D eigenvalue weighted by molar-refractivity contribution is 7.17. The standard InChI is InChI=1S/C19H22ClN3O2S/c1-23(2)22-18(25)16-14-9-4-3-5-10-15(14)26-19(16)21-17(24)12-7-6-8-13(20)11-12/h6-8,11H,3-5,9-10H2,1-2H3,(H,21,24)(H,22,25). The fourth-order valence-corrected chi connectivity index (χ4v) is 4.61. The van der Waals surface area contributed by atoms with Crippen molar-refractivity contribution in [3.05, 3.63) is 50.9 Å². The first-order valence-electron chi connectivity index (χ1n) is 8.65. The highest BCUT2D eigenvalue weighted by Gasteiger charge is 2.26. The van der Waals surface area contributed by atoms with Crippen LogP contribution in [0.3, 0.4) is 0 Å². The van der Waals surface area contributed by atoms with Gasteiger partial charge in [-0.05, 0) is 49.4 Å². The van der Waals surface area contributed by atoms with Gasteiger partial charge in [-0.15, -0.1) is 11.3 Å². The summed E-state index contributed by atoms with van der Waals surface area (Å²) in [7, 11) is 3.54. The lowest BCUT2D eigenvalue weighted by Gasteiger charge is -2.14. The SMILES string of the molecule is CN(C)NC(=O)c1c(NC(=O)c2cccc(Cl)c2)sc2c1CCCCC2. The number of hydrazine groups is 1. The minimum atomic E-state index is -0.261. The van der Waals surface area contributed by atoms with Crippen molar-refractivity contribution in [1.29, 1.82) is 0 Å². The van der Waals surface area contributed by atoms with Crippen LogP contribution in [-0.4, -0.2) is 30.9 Å². The third kappa shape index (κ3) is 4.26. The summed E-state index contributed by atoms with van der Waals surface area (Å²) in [5, 5.41) is 5.66. The number of rotatable bonds is 4. The third-order valence-electron chi connectivity index (χ3n) is 4.29. The number of halogens is 1. The molecule has 1 aliphatic rings. The molecule has 0 saturated heterocycles. The Bertz CT molecular complexity index is 832. The Kier molecular flexibility index (Phi) is 5.96. The number of hydrogen-bond donors (Lipinski definition) is 2. The van der Waals surface area contributed by atoms with E-state index >= 15 is 0 Å². The summed E-state index contributed by atoms with van der Waals surface area (Å²) in [5.41, 5.74) is 4.95. The van der Waals surface area contributed by atoms with Crippen LogP contribution in [0.15, 0.2) is 24.3 Å². The van der Waals surface area contributed by atoms with E-state index in [0.29, 0.717) is 21.2 Å². The fraction of sp³-hybridized carbons (Fsp3) is 0.368. The predicted molar refractivity (Wildman–Crippen MR) is 106 cm³/mol. The molecule has 0 spiro atoms. The van der Waals surface area contributed by atoms with Crippen molar-refractivity contribution in [1.82, 2.24) is 10.4 Å². The van der Waals surface area contributed by atoms with Gasteiger partial charge < -0.3 is 5.32 Å². The smallest absolute Gasteiger partial charge is 0.268 e. The Morgan fingerprint density at radius 3 is 2.62 bits per heavy atom. The number of anilines is 1. The highest BCUT2D eigenvalue weighted by Crippen LogP contribution is 2.37. The van der Waals surface area contributed by atoms with E-state index in [1.54, 1.807) is 43.4 Å². The number of nitrogens with zero attached hydrogens (tertiary/aromatic N) is 1. The Hall–Kier alpha value is -1.89. The van der Waals surface area contributed by atoms with Crippen molar-refractivity contribution >= 4 is 39.8 Å². The maximum atomic E-state index is 12.8. The van der Waals surface area contributed by atoms with Crippen molar-refractivity contribution in [2.24, 2.45) is 0 Å². The number of aryl methyl sites for hydroxylation is 1. The molecule has 1 heterocycles. The zero-order valence-electron chi connectivity index (χ0n) is 14.9. The molecular weight excluding hydrogens is 370 g/mol. The van der Waals surface area contributed by atoms with E-state index in [-0.39, 0.29) is 11.8 Å². The summed E-state index contributed by atoms with van der Waals surface area (Å²) in [5.74, 6) is -0.446. The highest BCUT2D eigenvalue weighted by atomic mass is 35.5. The maximum absolute atomic E-state index is 12.8. The van der Waals surface area contributed by atoms with Gasteiger partial charge in [0.2, 0.25) is 0 Å². The molecule has 0 aliphatic heterocycles. The van der Waals surface area contributed by atoms with Gasteiger partial charge in [-0.3, -0.25) is 15.0 Å². The molecule has 0 radical (unpaired) electrons. The minimum absolute atomic E-state index is 0.184. The molecule has 1 aromatic carbocycles.